The summed E-state index contributed by atoms with van der Waals surface area (Å²) in [4.78, 5) is 10.8. The molecule has 1 aromatic rings. The average Bonchev–Trinajstić information content (AvgIpc) is 2.33. The van der Waals surface area contributed by atoms with Crippen LogP contribution >= 0.6 is 23.2 Å². The molecule has 0 aromatic heterocycles. The number of halogens is 2. The molecule has 0 bridgehead atoms. The standard InChI is InChI=1S/C11H13Cl2NO5S/c1-19-3-2-4-20(17,18)14-10-8(12)5-7(11(15)16)6-9(10)13/h5-6,14H,2-4H2,1H3,(H,15,16). The molecule has 0 aliphatic carbocycles. The van der Waals surface area contributed by atoms with Crippen molar-refractivity contribution < 1.29 is 23.1 Å². The van der Waals surface area contributed by atoms with Crippen LogP contribution in [0.1, 0.15) is 16.8 Å². The van der Waals surface area contributed by atoms with Gasteiger partial charge in [-0.3, -0.25) is 4.72 Å². The highest BCUT2D eigenvalue weighted by Crippen LogP contribution is 2.32. The predicted molar refractivity (Wildman–Crippen MR) is 77.3 cm³/mol. The van der Waals surface area contributed by atoms with Crippen molar-refractivity contribution in [1.82, 2.24) is 0 Å². The number of hydrogen-bond acceptors (Lipinski definition) is 4. The Bertz CT molecular complexity index is 580. The van der Waals surface area contributed by atoms with Gasteiger partial charge >= 0.3 is 5.97 Å². The second-order valence-electron chi connectivity index (χ2n) is 3.89. The van der Waals surface area contributed by atoms with Gasteiger partial charge in [0.25, 0.3) is 0 Å². The molecule has 0 atom stereocenters. The van der Waals surface area contributed by atoms with Crippen molar-refractivity contribution in [2.45, 2.75) is 6.42 Å². The highest BCUT2D eigenvalue weighted by molar-refractivity contribution is 7.92. The lowest BCUT2D eigenvalue weighted by molar-refractivity contribution is 0.0697. The molecule has 0 aliphatic heterocycles. The van der Waals surface area contributed by atoms with Gasteiger partial charge in [0.2, 0.25) is 10.0 Å². The van der Waals surface area contributed by atoms with Crippen LogP contribution in [-0.2, 0) is 14.8 Å². The molecule has 112 valence electrons. The van der Waals surface area contributed by atoms with Crippen LogP contribution in [-0.4, -0.2) is 39.0 Å². The first-order chi connectivity index (χ1) is 9.26. The lowest BCUT2D eigenvalue weighted by atomic mass is 10.2. The molecule has 0 radical (unpaired) electrons. The van der Waals surface area contributed by atoms with Crippen LogP contribution in [0.5, 0.6) is 0 Å². The predicted octanol–water partition coefficient (Wildman–Crippen LogP) is 2.47. The zero-order chi connectivity index (χ0) is 15.3. The van der Waals surface area contributed by atoms with E-state index in [4.69, 9.17) is 33.0 Å². The number of carboxylic acids is 1. The van der Waals surface area contributed by atoms with Gasteiger partial charge in [0.05, 0.1) is 27.0 Å². The minimum absolute atomic E-state index is 0.0317. The van der Waals surface area contributed by atoms with Crippen LogP contribution in [0.4, 0.5) is 5.69 Å². The Balaban J connectivity index is 2.95. The van der Waals surface area contributed by atoms with Crippen molar-refractivity contribution in [2.75, 3.05) is 24.2 Å². The number of carbonyl (C=O) groups is 1. The minimum atomic E-state index is -3.63. The van der Waals surface area contributed by atoms with Gasteiger partial charge in [-0.1, -0.05) is 23.2 Å². The monoisotopic (exact) mass is 341 g/mol. The SMILES string of the molecule is COCCCS(=O)(=O)Nc1c(Cl)cc(C(=O)O)cc1Cl. The fourth-order valence-corrected chi connectivity index (χ4v) is 3.22. The van der Waals surface area contributed by atoms with Crippen LogP contribution in [0.15, 0.2) is 12.1 Å². The largest absolute Gasteiger partial charge is 0.478 e. The molecule has 20 heavy (non-hydrogen) atoms. The van der Waals surface area contributed by atoms with E-state index in [1.54, 1.807) is 0 Å². The van der Waals surface area contributed by atoms with Crippen molar-refractivity contribution in [3.05, 3.63) is 27.7 Å². The van der Waals surface area contributed by atoms with Crippen molar-refractivity contribution in [3.8, 4) is 0 Å². The smallest absolute Gasteiger partial charge is 0.335 e. The fourth-order valence-electron chi connectivity index (χ4n) is 1.39. The Morgan fingerprint density at radius 3 is 2.35 bits per heavy atom. The molecule has 0 amide bonds. The first-order valence-corrected chi connectivity index (χ1v) is 7.89. The topological polar surface area (TPSA) is 92.7 Å². The third kappa shape index (κ3) is 4.82. The summed E-state index contributed by atoms with van der Waals surface area (Å²) in [5.74, 6) is -1.36. The first kappa shape index (κ1) is 17.0. The van der Waals surface area contributed by atoms with E-state index in [0.717, 1.165) is 12.1 Å². The summed E-state index contributed by atoms with van der Waals surface area (Å²) in [6.07, 6.45) is 0.314. The molecule has 9 heteroatoms. The zero-order valence-corrected chi connectivity index (χ0v) is 12.8. The summed E-state index contributed by atoms with van der Waals surface area (Å²) in [5, 5.41) is 8.67. The van der Waals surface area contributed by atoms with Gasteiger partial charge in [0.15, 0.2) is 0 Å². The van der Waals surface area contributed by atoms with Crippen LogP contribution < -0.4 is 4.72 Å². The second-order valence-corrected chi connectivity index (χ2v) is 6.54. The van der Waals surface area contributed by atoms with Crippen molar-refractivity contribution in [2.24, 2.45) is 0 Å². The van der Waals surface area contributed by atoms with Crippen LogP contribution in [0.25, 0.3) is 0 Å². The molecule has 0 fully saturated rings. The number of carboxylic acid groups (broad SMARTS) is 1. The highest BCUT2D eigenvalue weighted by Gasteiger charge is 2.17. The Labute approximate surface area is 126 Å². The van der Waals surface area contributed by atoms with Gasteiger partial charge in [0, 0.05) is 13.7 Å². The molecule has 0 saturated carbocycles. The quantitative estimate of drug-likeness (QED) is 0.743. The van der Waals surface area contributed by atoms with Crippen LogP contribution in [0.3, 0.4) is 0 Å². The molecule has 0 heterocycles. The second kappa shape index (κ2) is 7.12. The first-order valence-electron chi connectivity index (χ1n) is 5.48. The van der Waals surface area contributed by atoms with E-state index >= 15 is 0 Å². The molecule has 0 aliphatic rings. The Morgan fingerprint density at radius 2 is 1.90 bits per heavy atom. The molecule has 6 nitrogen and oxygen atoms in total. The van der Waals surface area contributed by atoms with E-state index in [9.17, 15) is 13.2 Å². The summed E-state index contributed by atoms with van der Waals surface area (Å²) >= 11 is 11.7. The van der Waals surface area contributed by atoms with E-state index < -0.39 is 16.0 Å². The number of methoxy groups -OCH3 is 1. The summed E-state index contributed by atoms with van der Waals surface area (Å²) in [6.45, 7) is 0.306. The number of nitrogens with one attached hydrogen (secondary N) is 1. The summed E-state index contributed by atoms with van der Waals surface area (Å²) in [6, 6.07) is 2.26. The van der Waals surface area contributed by atoms with E-state index in [1.807, 2.05) is 0 Å². The maximum absolute atomic E-state index is 11.8. The van der Waals surface area contributed by atoms with E-state index in [1.165, 1.54) is 7.11 Å². The molecule has 1 rings (SSSR count). The maximum Gasteiger partial charge on any atom is 0.335 e. The van der Waals surface area contributed by atoms with E-state index in [-0.39, 0.29) is 27.0 Å². The third-order valence-electron chi connectivity index (χ3n) is 2.31. The highest BCUT2D eigenvalue weighted by atomic mass is 35.5. The number of rotatable bonds is 7. The Hall–Kier alpha value is -1.02. The van der Waals surface area contributed by atoms with Crippen LogP contribution in [0.2, 0.25) is 10.0 Å². The molecular weight excluding hydrogens is 329 g/mol. The van der Waals surface area contributed by atoms with Gasteiger partial charge in [-0.25, -0.2) is 13.2 Å². The maximum atomic E-state index is 11.8. The Morgan fingerprint density at radius 1 is 1.35 bits per heavy atom. The number of ether oxygens (including phenoxy) is 1. The lowest BCUT2D eigenvalue weighted by Gasteiger charge is -2.12. The number of anilines is 1. The number of benzene rings is 1. The molecule has 1 aromatic carbocycles. The van der Waals surface area contributed by atoms with Crippen molar-refractivity contribution >= 4 is 44.9 Å². The zero-order valence-electron chi connectivity index (χ0n) is 10.5. The molecule has 0 saturated heterocycles. The number of hydrogen-bond donors (Lipinski definition) is 2. The molecule has 0 spiro atoms. The van der Waals surface area contributed by atoms with Gasteiger partial charge in [-0.15, -0.1) is 0 Å². The fraction of sp³-hybridized carbons (Fsp3) is 0.364. The Kier molecular flexibility index (Phi) is 6.07. The average molecular weight is 342 g/mol. The van der Waals surface area contributed by atoms with Crippen molar-refractivity contribution in [1.29, 1.82) is 0 Å². The third-order valence-corrected chi connectivity index (χ3v) is 4.25. The minimum Gasteiger partial charge on any atom is -0.478 e. The van der Waals surface area contributed by atoms with Gasteiger partial charge in [-0.05, 0) is 18.6 Å². The van der Waals surface area contributed by atoms with E-state index in [0.29, 0.717) is 13.0 Å². The van der Waals surface area contributed by atoms with Crippen molar-refractivity contribution in [3.63, 3.8) is 0 Å². The van der Waals surface area contributed by atoms with Crippen LogP contribution in [0, 0.1) is 0 Å². The van der Waals surface area contributed by atoms with Gasteiger partial charge in [0.1, 0.15) is 0 Å². The molecule has 2 N–H and O–H groups in total. The van der Waals surface area contributed by atoms with E-state index in [2.05, 4.69) is 4.72 Å². The summed E-state index contributed by atoms with van der Waals surface area (Å²) < 4.78 is 30.6. The lowest BCUT2D eigenvalue weighted by Crippen LogP contribution is -2.18. The summed E-state index contributed by atoms with van der Waals surface area (Å²) in [7, 11) is -2.16. The number of sulfonamides is 1. The molecule has 0 unspecified atom stereocenters. The molecular formula is C11H13Cl2NO5S. The summed E-state index contributed by atoms with van der Waals surface area (Å²) in [5.41, 5.74) is -0.155. The van der Waals surface area contributed by atoms with Gasteiger partial charge in [-0.2, -0.15) is 0 Å². The van der Waals surface area contributed by atoms with Gasteiger partial charge < -0.3 is 9.84 Å². The normalized spacial score (nSPS) is 11.3. The number of aromatic carboxylic acids is 1.